The molecule has 0 saturated carbocycles. The van der Waals surface area contributed by atoms with Crippen molar-refractivity contribution in [3.63, 3.8) is 0 Å². The second-order valence-corrected chi connectivity index (χ2v) is 4.25. The number of aromatic nitrogens is 3. The van der Waals surface area contributed by atoms with Crippen LogP contribution in [0.2, 0.25) is 0 Å². The van der Waals surface area contributed by atoms with Crippen LogP contribution in [0.1, 0.15) is 12.5 Å². The van der Waals surface area contributed by atoms with Crippen LogP contribution >= 0.6 is 15.9 Å². The number of hydrogen-bond donors (Lipinski definition) is 0. The van der Waals surface area contributed by atoms with Gasteiger partial charge in [-0.3, -0.25) is 9.67 Å². The fourth-order valence-corrected chi connectivity index (χ4v) is 1.71. The number of pyridine rings is 1. The van der Waals surface area contributed by atoms with Gasteiger partial charge in [-0.1, -0.05) is 0 Å². The molecule has 84 valence electrons. The molecule has 5 heteroatoms. The summed E-state index contributed by atoms with van der Waals surface area (Å²) in [5.74, 6) is 0.779. The molecule has 0 atom stereocenters. The summed E-state index contributed by atoms with van der Waals surface area (Å²) in [7, 11) is 0. The Morgan fingerprint density at radius 2 is 2.25 bits per heavy atom. The van der Waals surface area contributed by atoms with Gasteiger partial charge in [0.25, 0.3) is 0 Å². The van der Waals surface area contributed by atoms with Gasteiger partial charge in [0.05, 0.1) is 12.4 Å². The van der Waals surface area contributed by atoms with E-state index in [1.807, 2.05) is 23.9 Å². The number of rotatable bonds is 4. The average Bonchev–Trinajstić information content (AvgIpc) is 2.74. The predicted octanol–water partition coefficient (Wildman–Crippen LogP) is 2.64. The van der Waals surface area contributed by atoms with Crippen LogP contribution in [0.5, 0.6) is 5.75 Å². The molecule has 0 aliphatic carbocycles. The number of aryl methyl sites for hydroxylation is 1. The van der Waals surface area contributed by atoms with Gasteiger partial charge in [0.15, 0.2) is 5.75 Å². The third kappa shape index (κ3) is 2.82. The van der Waals surface area contributed by atoms with Crippen LogP contribution in [0.3, 0.4) is 0 Å². The molecule has 0 unspecified atom stereocenters. The van der Waals surface area contributed by atoms with E-state index in [-0.39, 0.29) is 0 Å². The molecule has 2 heterocycles. The van der Waals surface area contributed by atoms with Gasteiger partial charge in [-0.25, -0.2) is 0 Å². The van der Waals surface area contributed by atoms with Gasteiger partial charge in [0, 0.05) is 29.0 Å². The summed E-state index contributed by atoms with van der Waals surface area (Å²) in [5.41, 5.74) is 1.03. The van der Waals surface area contributed by atoms with Gasteiger partial charge >= 0.3 is 0 Å². The van der Waals surface area contributed by atoms with Crippen molar-refractivity contribution in [1.82, 2.24) is 14.8 Å². The highest BCUT2D eigenvalue weighted by molar-refractivity contribution is 9.10. The Bertz CT molecular complexity index is 470. The molecule has 0 aliphatic rings. The van der Waals surface area contributed by atoms with E-state index in [0.717, 1.165) is 22.3 Å². The minimum atomic E-state index is 0.502. The Morgan fingerprint density at radius 3 is 2.94 bits per heavy atom. The highest BCUT2D eigenvalue weighted by atomic mass is 79.9. The summed E-state index contributed by atoms with van der Waals surface area (Å²) in [4.78, 5) is 4.07. The molecule has 0 spiro atoms. The van der Waals surface area contributed by atoms with Gasteiger partial charge in [-0.15, -0.1) is 0 Å². The van der Waals surface area contributed by atoms with Crippen LogP contribution in [0.25, 0.3) is 0 Å². The number of nitrogens with zero attached hydrogens (tertiary/aromatic N) is 3. The monoisotopic (exact) mass is 281 g/mol. The Labute approximate surface area is 102 Å². The van der Waals surface area contributed by atoms with Crippen molar-refractivity contribution in [1.29, 1.82) is 0 Å². The third-order valence-electron chi connectivity index (χ3n) is 2.10. The van der Waals surface area contributed by atoms with E-state index < -0.39 is 0 Å². The quantitative estimate of drug-likeness (QED) is 0.865. The van der Waals surface area contributed by atoms with Crippen molar-refractivity contribution < 1.29 is 4.74 Å². The molecule has 4 nitrogen and oxygen atoms in total. The Hall–Kier alpha value is -1.36. The SMILES string of the molecule is CCn1cc(OCc2cncc(Br)c2)cn1. The van der Waals surface area contributed by atoms with E-state index in [4.69, 9.17) is 4.74 Å². The standard InChI is InChI=1S/C11H12BrN3O/c1-2-15-7-11(6-14-15)16-8-9-3-10(12)5-13-4-9/h3-7H,2,8H2,1H3. The lowest BCUT2D eigenvalue weighted by molar-refractivity contribution is 0.305. The van der Waals surface area contributed by atoms with Crippen molar-refractivity contribution in [2.75, 3.05) is 0 Å². The van der Waals surface area contributed by atoms with Crippen LogP contribution in [0.15, 0.2) is 35.3 Å². The molecule has 2 aromatic heterocycles. The van der Waals surface area contributed by atoms with Crippen molar-refractivity contribution in [2.24, 2.45) is 0 Å². The Balaban J connectivity index is 1.96. The second-order valence-electron chi connectivity index (χ2n) is 3.33. The van der Waals surface area contributed by atoms with Crippen molar-refractivity contribution in [3.8, 4) is 5.75 Å². The summed E-state index contributed by atoms with van der Waals surface area (Å²) < 4.78 is 8.37. The van der Waals surface area contributed by atoms with Crippen LogP contribution in [-0.4, -0.2) is 14.8 Å². The fraction of sp³-hybridized carbons (Fsp3) is 0.273. The van der Waals surface area contributed by atoms with Crippen LogP contribution < -0.4 is 4.74 Å². The van der Waals surface area contributed by atoms with Crippen molar-refractivity contribution in [3.05, 3.63) is 40.9 Å². The van der Waals surface area contributed by atoms with Crippen molar-refractivity contribution >= 4 is 15.9 Å². The molecule has 0 fully saturated rings. The van der Waals surface area contributed by atoms with Gasteiger partial charge in [-0.05, 0) is 28.9 Å². The summed E-state index contributed by atoms with van der Waals surface area (Å²) in [6, 6.07) is 1.98. The average molecular weight is 282 g/mol. The molecular weight excluding hydrogens is 270 g/mol. The van der Waals surface area contributed by atoms with Gasteiger partial charge < -0.3 is 4.74 Å². The van der Waals surface area contributed by atoms with E-state index >= 15 is 0 Å². The van der Waals surface area contributed by atoms with Crippen LogP contribution in [0.4, 0.5) is 0 Å². The van der Waals surface area contributed by atoms with E-state index in [1.165, 1.54) is 0 Å². The van der Waals surface area contributed by atoms with Crippen LogP contribution in [0, 0.1) is 0 Å². The van der Waals surface area contributed by atoms with Gasteiger partial charge in [0.2, 0.25) is 0 Å². The van der Waals surface area contributed by atoms with E-state index in [2.05, 4.69) is 26.0 Å². The first-order chi connectivity index (χ1) is 7.78. The number of hydrogen-bond acceptors (Lipinski definition) is 3. The smallest absolute Gasteiger partial charge is 0.157 e. The zero-order valence-corrected chi connectivity index (χ0v) is 10.5. The zero-order valence-electron chi connectivity index (χ0n) is 8.93. The van der Waals surface area contributed by atoms with Crippen LogP contribution in [-0.2, 0) is 13.2 Å². The molecule has 0 radical (unpaired) electrons. The lowest BCUT2D eigenvalue weighted by atomic mass is 10.3. The summed E-state index contributed by atoms with van der Waals surface area (Å²) in [6.07, 6.45) is 7.13. The highest BCUT2D eigenvalue weighted by Crippen LogP contribution is 2.13. The number of halogens is 1. The third-order valence-corrected chi connectivity index (χ3v) is 2.53. The first-order valence-corrected chi connectivity index (χ1v) is 5.82. The van der Waals surface area contributed by atoms with E-state index in [0.29, 0.717) is 6.61 Å². The summed E-state index contributed by atoms with van der Waals surface area (Å²) in [6.45, 7) is 3.39. The Morgan fingerprint density at radius 1 is 1.38 bits per heavy atom. The normalized spacial score (nSPS) is 10.4. The summed E-state index contributed by atoms with van der Waals surface area (Å²) in [5, 5.41) is 4.13. The molecule has 0 aliphatic heterocycles. The first kappa shape index (κ1) is 11.1. The minimum Gasteiger partial charge on any atom is -0.486 e. The van der Waals surface area contributed by atoms with E-state index in [1.54, 1.807) is 18.6 Å². The molecule has 0 N–H and O–H groups in total. The van der Waals surface area contributed by atoms with Gasteiger partial charge in [0.1, 0.15) is 6.61 Å². The number of ether oxygens (including phenoxy) is 1. The lowest BCUT2D eigenvalue weighted by Crippen LogP contribution is -1.95. The fourth-order valence-electron chi connectivity index (χ4n) is 1.29. The highest BCUT2D eigenvalue weighted by Gasteiger charge is 2.00. The largest absolute Gasteiger partial charge is 0.486 e. The van der Waals surface area contributed by atoms with Gasteiger partial charge in [-0.2, -0.15) is 5.10 Å². The molecular formula is C11H12BrN3O. The molecule has 16 heavy (non-hydrogen) atoms. The zero-order chi connectivity index (χ0) is 11.4. The maximum absolute atomic E-state index is 5.59. The predicted molar refractivity (Wildman–Crippen MR) is 64.2 cm³/mol. The Kier molecular flexibility index (Phi) is 3.56. The first-order valence-electron chi connectivity index (χ1n) is 5.02. The molecule has 0 amide bonds. The molecule has 0 aromatic carbocycles. The lowest BCUT2D eigenvalue weighted by Gasteiger charge is -2.03. The molecule has 0 saturated heterocycles. The maximum atomic E-state index is 5.59. The maximum Gasteiger partial charge on any atom is 0.157 e. The minimum absolute atomic E-state index is 0.502. The molecule has 0 bridgehead atoms. The molecule has 2 aromatic rings. The molecule has 2 rings (SSSR count). The summed E-state index contributed by atoms with van der Waals surface area (Å²) >= 11 is 3.37. The second kappa shape index (κ2) is 5.12. The van der Waals surface area contributed by atoms with Crippen molar-refractivity contribution in [2.45, 2.75) is 20.1 Å². The van der Waals surface area contributed by atoms with E-state index in [9.17, 15) is 0 Å². The topological polar surface area (TPSA) is 39.9 Å².